The van der Waals surface area contributed by atoms with Crippen LogP contribution in [-0.2, 0) is 0 Å². The van der Waals surface area contributed by atoms with E-state index in [1.807, 2.05) is 0 Å². The molecule has 0 aliphatic heterocycles. The first-order valence-electron chi connectivity index (χ1n) is 10.4. The molecule has 1 aliphatic carbocycles. The SMILES string of the molecule is CCCCCCCCC1CCCCC1CCCCCCC. The Morgan fingerprint density at radius 2 is 0.905 bits per heavy atom. The molecule has 0 nitrogen and oxygen atoms in total. The number of hydrogen-bond acceptors (Lipinski definition) is 0. The maximum Gasteiger partial charge on any atom is -0.0386 e. The molecule has 126 valence electrons. The van der Waals surface area contributed by atoms with Gasteiger partial charge in [0.1, 0.15) is 0 Å². The molecule has 0 N–H and O–H groups in total. The van der Waals surface area contributed by atoms with Gasteiger partial charge in [0.05, 0.1) is 0 Å². The molecule has 2 unspecified atom stereocenters. The van der Waals surface area contributed by atoms with Crippen LogP contribution in [0.4, 0.5) is 0 Å². The topological polar surface area (TPSA) is 0 Å². The van der Waals surface area contributed by atoms with Crippen LogP contribution in [0.15, 0.2) is 0 Å². The first-order valence-corrected chi connectivity index (χ1v) is 10.4. The predicted octanol–water partition coefficient (Wildman–Crippen LogP) is 7.90. The van der Waals surface area contributed by atoms with E-state index >= 15 is 0 Å². The summed E-state index contributed by atoms with van der Waals surface area (Å²) in [6.07, 6.45) is 25.3. The largest absolute Gasteiger partial charge is 0.0654 e. The van der Waals surface area contributed by atoms with Crippen molar-refractivity contribution in [2.24, 2.45) is 11.8 Å². The van der Waals surface area contributed by atoms with Crippen molar-refractivity contribution in [3.8, 4) is 0 Å². The van der Waals surface area contributed by atoms with Crippen LogP contribution in [0.2, 0.25) is 0 Å². The molecule has 0 heteroatoms. The Hall–Kier alpha value is 0. The van der Waals surface area contributed by atoms with Crippen molar-refractivity contribution >= 4 is 0 Å². The Balaban J connectivity index is 2.08. The minimum atomic E-state index is 1.09. The van der Waals surface area contributed by atoms with Crippen molar-refractivity contribution in [1.82, 2.24) is 0 Å². The van der Waals surface area contributed by atoms with E-state index in [1.54, 1.807) is 25.7 Å². The second-order valence-electron chi connectivity index (χ2n) is 7.56. The first-order chi connectivity index (χ1) is 10.4. The molecule has 0 radical (unpaired) electrons. The molecule has 1 fully saturated rings. The summed E-state index contributed by atoms with van der Waals surface area (Å²) in [5.74, 6) is 2.19. The molecule has 0 aromatic rings. The van der Waals surface area contributed by atoms with E-state index in [1.165, 1.54) is 83.5 Å². The van der Waals surface area contributed by atoms with Gasteiger partial charge in [-0.3, -0.25) is 0 Å². The Morgan fingerprint density at radius 1 is 0.524 bits per heavy atom. The monoisotopic (exact) mass is 294 g/mol. The summed E-state index contributed by atoms with van der Waals surface area (Å²) in [5.41, 5.74) is 0. The number of hydrogen-bond donors (Lipinski definition) is 0. The quantitative estimate of drug-likeness (QED) is 0.303. The molecule has 0 aromatic heterocycles. The Kier molecular flexibility index (Phi) is 12.4. The lowest BCUT2D eigenvalue weighted by atomic mass is 9.74. The molecule has 1 rings (SSSR count). The zero-order valence-corrected chi connectivity index (χ0v) is 15.2. The van der Waals surface area contributed by atoms with Gasteiger partial charge < -0.3 is 0 Å². The molecule has 1 saturated carbocycles. The Bertz CT molecular complexity index is 208. The summed E-state index contributed by atoms with van der Waals surface area (Å²) in [4.78, 5) is 0. The van der Waals surface area contributed by atoms with Gasteiger partial charge in [-0.1, -0.05) is 123 Å². The van der Waals surface area contributed by atoms with Gasteiger partial charge in [0.25, 0.3) is 0 Å². The normalized spacial score (nSPS) is 22.6. The molecule has 0 saturated heterocycles. The van der Waals surface area contributed by atoms with Gasteiger partial charge in [0.15, 0.2) is 0 Å². The fraction of sp³-hybridized carbons (Fsp3) is 1.00. The lowest BCUT2D eigenvalue weighted by Gasteiger charge is -2.32. The third kappa shape index (κ3) is 9.59. The summed E-state index contributed by atoms with van der Waals surface area (Å²) >= 11 is 0. The van der Waals surface area contributed by atoms with Crippen molar-refractivity contribution in [2.75, 3.05) is 0 Å². The molecule has 1 aliphatic rings. The minimum Gasteiger partial charge on any atom is -0.0654 e. The second-order valence-corrected chi connectivity index (χ2v) is 7.56. The van der Waals surface area contributed by atoms with Crippen molar-refractivity contribution in [3.63, 3.8) is 0 Å². The van der Waals surface area contributed by atoms with E-state index < -0.39 is 0 Å². The number of rotatable bonds is 13. The van der Waals surface area contributed by atoms with Crippen molar-refractivity contribution in [2.45, 2.75) is 123 Å². The lowest BCUT2D eigenvalue weighted by Crippen LogP contribution is -2.19. The molecular formula is C21H42. The van der Waals surface area contributed by atoms with Crippen LogP contribution in [0, 0.1) is 11.8 Å². The summed E-state index contributed by atoms with van der Waals surface area (Å²) in [6, 6.07) is 0. The fourth-order valence-corrected chi connectivity index (χ4v) is 4.24. The van der Waals surface area contributed by atoms with E-state index in [0.29, 0.717) is 0 Å². The molecule has 2 atom stereocenters. The van der Waals surface area contributed by atoms with Gasteiger partial charge in [0.2, 0.25) is 0 Å². The van der Waals surface area contributed by atoms with Crippen LogP contribution in [0.1, 0.15) is 123 Å². The van der Waals surface area contributed by atoms with Crippen LogP contribution >= 0.6 is 0 Å². The van der Waals surface area contributed by atoms with E-state index in [4.69, 9.17) is 0 Å². The van der Waals surface area contributed by atoms with Gasteiger partial charge in [0, 0.05) is 0 Å². The van der Waals surface area contributed by atoms with Crippen LogP contribution in [0.3, 0.4) is 0 Å². The van der Waals surface area contributed by atoms with Crippen molar-refractivity contribution in [3.05, 3.63) is 0 Å². The molecule has 0 amide bonds. The van der Waals surface area contributed by atoms with Gasteiger partial charge in [-0.05, 0) is 11.8 Å². The van der Waals surface area contributed by atoms with Crippen LogP contribution in [-0.4, -0.2) is 0 Å². The summed E-state index contributed by atoms with van der Waals surface area (Å²) in [5, 5.41) is 0. The highest BCUT2D eigenvalue weighted by molar-refractivity contribution is 4.75. The standard InChI is InChI=1S/C21H42/c1-3-5-7-9-11-13-17-21-19-15-14-18-20(21)16-12-10-8-6-4-2/h20-21H,3-19H2,1-2H3. The van der Waals surface area contributed by atoms with Gasteiger partial charge in [-0.25, -0.2) is 0 Å². The molecule has 21 heavy (non-hydrogen) atoms. The van der Waals surface area contributed by atoms with E-state index in [9.17, 15) is 0 Å². The average Bonchev–Trinajstić information content (AvgIpc) is 2.52. The Labute approximate surface area is 135 Å². The lowest BCUT2D eigenvalue weighted by molar-refractivity contribution is 0.202. The summed E-state index contributed by atoms with van der Waals surface area (Å²) in [7, 11) is 0. The predicted molar refractivity (Wildman–Crippen MR) is 96.8 cm³/mol. The minimum absolute atomic E-state index is 1.09. The molecular weight excluding hydrogens is 252 g/mol. The molecule has 0 spiro atoms. The maximum atomic E-state index is 2.32. The highest BCUT2D eigenvalue weighted by Crippen LogP contribution is 2.36. The highest BCUT2D eigenvalue weighted by Gasteiger charge is 2.23. The van der Waals surface area contributed by atoms with E-state index in [-0.39, 0.29) is 0 Å². The smallest absolute Gasteiger partial charge is 0.0386 e. The summed E-state index contributed by atoms with van der Waals surface area (Å²) < 4.78 is 0. The van der Waals surface area contributed by atoms with Crippen LogP contribution in [0.25, 0.3) is 0 Å². The maximum absolute atomic E-state index is 2.32. The third-order valence-electron chi connectivity index (χ3n) is 5.67. The van der Waals surface area contributed by atoms with Gasteiger partial charge in [-0.15, -0.1) is 0 Å². The zero-order chi connectivity index (χ0) is 15.2. The molecule has 0 heterocycles. The summed E-state index contributed by atoms with van der Waals surface area (Å²) in [6.45, 7) is 4.63. The fourth-order valence-electron chi connectivity index (χ4n) is 4.24. The average molecular weight is 295 g/mol. The Morgan fingerprint density at radius 3 is 1.33 bits per heavy atom. The van der Waals surface area contributed by atoms with Gasteiger partial charge in [-0.2, -0.15) is 0 Å². The van der Waals surface area contributed by atoms with Gasteiger partial charge >= 0.3 is 0 Å². The van der Waals surface area contributed by atoms with Crippen molar-refractivity contribution in [1.29, 1.82) is 0 Å². The first kappa shape index (κ1) is 19.0. The van der Waals surface area contributed by atoms with Crippen LogP contribution in [0.5, 0.6) is 0 Å². The highest BCUT2D eigenvalue weighted by atomic mass is 14.3. The molecule has 0 aromatic carbocycles. The zero-order valence-electron chi connectivity index (χ0n) is 15.2. The molecule has 0 bridgehead atoms. The van der Waals surface area contributed by atoms with E-state index in [0.717, 1.165) is 11.8 Å². The van der Waals surface area contributed by atoms with Crippen LogP contribution < -0.4 is 0 Å². The third-order valence-corrected chi connectivity index (χ3v) is 5.67. The second kappa shape index (κ2) is 13.6. The van der Waals surface area contributed by atoms with E-state index in [2.05, 4.69) is 13.8 Å². The van der Waals surface area contributed by atoms with Crippen molar-refractivity contribution < 1.29 is 0 Å². The number of unbranched alkanes of at least 4 members (excludes halogenated alkanes) is 9.